The summed E-state index contributed by atoms with van der Waals surface area (Å²) in [5, 5.41) is 4.86. The monoisotopic (exact) mass is 282 g/mol. The van der Waals surface area contributed by atoms with E-state index in [2.05, 4.69) is 23.9 Å². The van der Waals surface area contributed by atoms with Crippen LogP contribution in [0.2, 0.25) is 0 Å². The van der Waals surface area contributed by atoms with Crippen LogP contribution in [0.25, 0.3) is 16.7 Å². The van der Waals surface area contributed by atoms with Crippen molar-refractivity contribution in [1.82, 2.24) is 19.3 Å². The van der Waals surface area contributed by atoms with Gasteiger partial charge in [0.25, 0.3) is 5.56 Å². The van der Waals surface area contributed by atoms with Crippen molar-refractivity contribution < 1.29 is 0 Å². The van der Waals surface area contributed by atoms with E-state index in [1.807, 2.05) is 30.3 Å². The van der Waals surface area contributed by atoms with E-state index in [0.29, 0.717) is 23.5 Å². The summed E-state index contributed by atoms with van der Waals surface area (Å²) in [6.07, 6.45) is 4.18. The Labute approximate surface area is 122 Å². The molecule has 0 amide bonds. The summed E-state index contributed by atoms with van der Waals surface area (Å²) in [5.41, 5.74) is 1.48. The summed E-state index contributed by atoms with van der Waals surface area (Å²) in [5.74, 6) is 0.555. The minimum absolute atomic E-state index is 0.0252. The highest BCUT2D eigenvalue weighted by molar-refractivity contribution is 5.74. The largest absolute Gasteiger partial charge is 0.299 e. The molecule has 3 rings (SSSR count). The molecule has 0 radical (unpaired) electrons. The Morgan fingerprint density at radius 3 is 2.67 bits per heavy atom. The molecule has 5 heteroatoms. The maximum absolute atomic E-state index is 12.5. The predicted molar refractivity (Wildman–Crippen MR) is 82.6 cm³/mol. The van der Waals surface area contributed by atoms with Crippen molar-refractivity contribution in [2.75, 3.05) is 0 Å². The van der Waals surface area contributed by atoms with Crippen molar-refractivity contribution in [3.8, 4) is 5.69 Å². The third kappa shape index (κ3) is 2.59. The molecule has 0 aliphatic rings. The molecule has 0 aliphatic carbocycles. The molecule has 5 nitrogen and oxygen atoms in total. The lowest BCUT2D eigenvalue weighted by atomic mass is 10.1. The molecule has 0 bridgehead atoms. The van der Waals surface area contributed by atoms with Crippen molar-refractivity contribution in [3.63, 3.8) is 0 Å². The van der Waals surface area contributed by atoms with Crippen LogP contribution in [0.1, 0.15) is 20.3 Å². The van der Waals surface area contributed by atoms with Crippen molar-refractivity contribution >= 4 is 11.0 Å². The van der Waals surface area contributed by atoms with Crippen LogP contribution in [0, 0.1) is 5.92 Å². The van der Waals surface area contributed by atoms with E-state index in [1.54, 1.807) is 21.8 Å². The van der Waals surface area contributed by atoms with Gasteiger partial charge in [-0.25, -0.2) is 9.67 Å². The van der Waals surface area contributed by atoms with Gasteiger partial charge in [-0.3, -0.25) is 9.36 Å². The van der Waals surface area contributed by atoms with Gasteiger partial charge in [0.1, 0.15) is 5.39 Å². The normalized spacial score (nSPS) is 11.4. The summed E-state index contributed by atoms with van der Waals surface area (Å²) in [7, 11) is 0. The van der Waals surface area contributed by atoms with Gasteiger partial charge in [-0.2, -0.15) is 5.10 Å². The molecule has 0 aliphatic heterocycles. The van der Waals surface area contributed by atoms with Crippen LogP contribution >= 0.6 is 0 Å². The topological polar surface area (TPSA) is 52.7 Å². The second-order valence-electron chi connectivity index (χ2n) is 5.55. The lowest BCUT2D eigenvalue weighted by molar-refractivity contribution is 0.506. The molecule has 3 aromatic rings. The number of para-hydroxylation sites is 1. The van der Waals surface area contributed by atoms with Gasteiger partial charge < -0.3 is 0 Å². The zero-order chi connectivity index (χ0) is 14.8. The van der Waals surface area contributed by atoms with Crippen molar-refractivity contribution in [2.45, 2.75) is 26.8 Å². The highest BCUT2D eigenvalue weighted by atomic mass is 16.1. The van der Waals surface area contributed by atoms with Crippen molar-refractivity contribution in [3.05, 3.63) is 53.2 Å². The Kier molecular flexibility index (Phi) is 3.56. The van der Waals surface area contributed by atoms with Gasteiger partial charge in [-0.15, -0.1) is 0 Å². The van der Waals surface area contributed by atoms with Gasteiger partial charge in [0.05, 0.1) is 18.2 Å². The minimum atomic E-state index is -0.0252. The molecule has 108 valence electrons. The molecule has 2 aromatic heterocycles. The van der Waals surface area contributed by atoms with Crippen LogP contribution in [-0.4, -0.2) is 19.3 Å². The van der Waals surface area contributed by atoms with Gasteiger partial charge in [-0.1, -0.05) is 32.0 Å². The average molecular weight is 282 g/mol. The van der Waals surface area contributed by atoms with E-state index in [0.717, 1.165) is 12.1 Å². The molecule has 0 spiro atoms. The number of rotatable bonds is 4. The van der Waals surface area contributed by atoms with Crippen LogP contribution in [0.15, 0.2) is 47.7 Å². The Morgan fingerprint density at radius 1 is 1.19 bits per heavy atom. The third-order valence-corrected chi connectivity index (χ3v) is 3.50. The maximum atomic E-state index is 12.5. The summed E-state index contributed by atoms with van der Waals surface area (Å²) < 4.78 is 3.36. The number of fused-ring (bicyclic) bond motifs is 1. The molecule has 0 saturated carbocycles. The molecular weight excluding hydrogens is 264 g/mol. The molecule has 2 heterocycles. The Hall–Kier alpha value is -2.43. The van der Waals surface area contributed by atoms with E-state index in [-0.39, 0.29) is 5.56 Å². The molecule has 0 unspecified atom stereocenters. The van der Waals surface area contributed by atoms with Crippen LogP contribution in [0.3, 0.4) is 0 Å². The van der Waals surface area contributed by atoms with Crippen LogP contribution in [0.4, 0.5) is 0 Å². The maximum Gasteiger partial charge on any atom is 0.264 e. The predicted octanol–water partition coefficient (Wildman–Crippen LogP) is 2.63. The first-order valence-corrected chi connectivity index (χ1v) is 7.15. The number of nitrogens with zero attached hydrogens (tertiary/aromatic N) is 4. The van der Waals surface area contributed by atoms with Crippen LogP contribution in [-0.2, 0) is 6.54 Å². The Balaban J connectivity index is 2.05. The molecular formula is C16H18N4O. The lowest BCUT2D eigenvalue weighted by Gasteiger charge is -2.07. The molecule has 0 N–H and O–H groups in total. The first-order valence-electron chi connectivity index (χ1n) is 7.15. The highest BCUT2D eigenvalue weighted by Crippen LogP contribution is 2.13. The van der Waals surface area contributed by atoms with E-state index in [1.165, 1.54) is 0 Å². The zero-order valence-corrected chi connectivity index (χ0v) is 12.2. The number of aryl methyl sites for hydroxylation is 1. The fraction of sp³-hybridized carbons (Fsp3) is 0.312. The van der Waals surface area contributed by atoms with Crippen LogP contribution in [0.5, 0.6) is 0 Å². The summed E-state index contributed by atoms with van der Waals surface area (Å²) in [6.45, 7) is 4.98. The van der Waals surface area contributed by atoms with E-state index in [4.69, 9.17) is 0 Å². The van der Waals surface area contributed by atoms with Crippen molar-refractivity contribution in [1.29, 1.82) is 0 Å². The first kappa shape index (κ1) is 13.5. The summed E-state index contributed by atoms with van der Waals surface area (Å²) in [4.78, 5) is 16.9. The summed E-state index contributed by atoms with van der Waals surface area (Å²) >= 11 is 0. The van der Waals surface area contributed by atoms with Gasteiger partial charge in [0.15, 0.2) is 5.65 Å². The van der Waals surface area contributed by atoms with E-state index in [9.17, 15) is 4.79 Å². The fourth-order valence-corrected chi connectivity index (χ4v) is 2.26. The molecule has 0 saturated heterocycles. The van der Waals surface area contributed by atoms with E-state index >= 15 is 0 Å². The van der Waals surface area contributed by atoms with Gasteiger partial charge >= 0.3 is 0 Å². The van der Waals surface area contributed by atoms with Crippen LogP contribution < -0.4 is 5.56 Å². The SMILES string of the molecule is CC(C)CCn1cnc2c(cnn2-c2ccccc2)c1=O. The quantitative estimate of drug-likeness (QED) is 0.739. The molecule has 21 heavy (non-hydrogen) atoms. The fourth-order valence-electron chi connectivity index (χ4n) is 2.26. The standard InChI is InChI=1S/C16H18N4O/c1-12(2)8-9-19-11-17-15-14(16(19)21)10-18-20(15)13-6-4-3-5-7-13/h3-7,10-12H,8-9H2,1-2H3. The highest BCUT2D eigenvalue weighted by Gasteiger charge is 2.11. The Morgan fingerprint density at radius 2 is 1.95 bits per heavy atom. The van der Waals surface area contributed by atoms with Crippen molar-refractivity contribution in [2.24, 2.45) is 5.92 Å². The smallest absolute Gasteiger partial charge is 0.264 e. The molecule has 1 aromatic carbocycles. The second kappa shape index (κ2) is 5.52. The number of hydrogen-bond donors (Lipinski definition) is 0. The van der Waals surface area contributed by atoms with Gasteiger partial charge in [0.2, 0.25) is 0 Å². The minimum Gasteiger partial charge on any atom is -0.299 e. The number of benzene rings is 1. The first-order chi connectivity index (χ1) is 10.2. The van der Waals surface area contributed by atoms with E-state index < -0.39 is 0 Å². The molecule has 0 atom stereocenters. The average Bonchev–Trinajstić information content (AvgIpc) is 2.92. The molecule has 0 fully saturated rings. The number of hydrogen-bond acceptors (Lipinski definition) is 3. The van der Waals surface area contributed by atoms with Gasteiger partial charge in [-0.05, 0) is 24.5 Å². The Bertz CT molecular complexity index is 802. The zero-order valence-electron chi connectivity index (χ0n) is 12.2. The lowest BCUT2D eigenvalue weighted by Crippen LogP contribution is -2.21. The summed E-state index contributed by atoms with van der Waals surface area (Å²) in [6, 6.07) is 9.71. The number of aromatic nitrogens is 4. The van der Waals surface area contributed by atoms with Gasteiger partial charge in [0, 0.05) is 6.54 Å². The third-order valence-electron chi connectivity index (χ3n) is 3.50. The second-order valence-corrected chi connectivity index (χ2v) is 5.55.